The summed E-state index contributed by atoms with van der Waals surface area (Å²) in [5, 5.41) is 43.0. The van der Waals surface area contributed by atoms with Crippen LogP contribution in [0.5, 0.6) is 0 Å². The van der Waals surface area contributed by atoms with Gasteiger partial charge in [0.25, 0.3) is 0 Å². The van der Waals surface area contributed by atoms with Crippen LogP contribution in [0.2, 0.25) is 0 Å². The lowest BCUT2D eigenvalue weighted by atomic mass is 10.1. The van der Waals surface area contributed by atoms with E-state index in [4.69, 9.17) is 60.2 Å². The number of carbonyl (C=O) groups is 4. The lowest BCUT2D eigenvalue weighted by Crippen LogP contribution is -2.34. The fourth-order valence-corrected chi connectivity index (χ4v) is 2.97. The van der Waals surface area contributed by atoms with Crippen LogP contribution in [0.4, 0.5) is 0 Å². The fraction of sp³-hybridized carbons (Fsp3) is 0.481. The largest absolute Gasteiger partial charge is 0.480 e. The molecule has 0 aliphatic carbocycles. The van der Waals surface area contributed by atoms with Crippen LogP contribution in [0, 0.1) is 5.41 Å². The van der Waals surface area contributed by atoms with Crippen LogP contribution in [0.25, 0.3) is 0 Å². The number of rotatable bonds is 16. The predicted octanol–water partition coefficient (Wildman–Crippen LogP) is -1.64. The van der Waals surface area contributed by atoms with Gasteiger partial charge in [-0.25, -0.2) is 4.98 Å². The number of carboxylic acid groups (broad SMARTS) is 4. The van der Waals surface area contributed by atoms with Gasteiger partial charge in [-0.1, -0.05) is 36.8 Å². The van der Waals surface area contributed by atoms with Crippen molar-refractivity contribution in [1.29, 1.82) is 5.41 Å². The molecule has 1 heterocycles. The molecule has 0 aliphatic heterocycles. The molecule has 1 aromatic heterocycles. The van der Waals surface area contributed by atoms with Crippen molar-refractivity contribution >= 4 is 29.8 Å². The van der Waals surface area contributed by atoms with Gasteiger partial charge in [-0.3, -0.25) is 24.6 Å². The molecule has 0 fully saturated rings. The van der Waals surface area contributed by atoms with Gasteiger partial charge in [-0.15, -0.1) is 0 Å². The van der Waals surface area contributed by atoms with Gasteiger partial charge in [0.1, 0.15) is 24.2 Å². The van der Waals surface area contributed by atoms with Crippen molar-refractivity contribution in [3.8, 4) is 0 Å². The average molecular weight is 658 g/mol. The summed E-state index contributed by atoms with van der Waals surface area (Å²) in [5.74, 6) is -4.01. The van der Waals surface area contributed by atoms with Gasteiger partial charge in [0.15, 0.2) is 5.96 Å². The summed E-state index contributed by atoms with van der Waals surface area (Å²) in [6.07, 6.45) is 6.90. The second-order valence-corrected chi connectivity index (χ2v) is 9.50. The topological polar surface area (TPSA) is 405 Å². The van der Waals surface area contributed by atoms with Crippen LogP contribution in [0.3, 0.4) is 0 Å². The van der Waals surface area contributed by atoms with E-state index in [1.807, 2.05) is 30.3 Å². The normalized spacial score (nSPS) is 12.3. The van der Waals surface area contributed by atoms with Gasteiger partial charge < -0.3 is 71.3 Å². The number of aromatic nitrogens is 2. The van der Waals surface area contributed by atoms with E-state index >= 15 is 0 Å². The molecule has 0 bridgehead atoms. The number of nitrogens with two attached hydrogens (primary N) is 6. The summed E-state index contributed by atoms with van der Waals surface area (Å²) in [7, 11) is 0. The Labute approximate surface area is 267 Å². The Morgan fingerprint density at radius 2 is 1.26 bits per heavy atom. The lowest BCUT2D eigenvalue weighted by Gasteiger charge is -2.06. The third-order valence-corrected chi connectivity index (χ3v) is 5.53. The second kappa shape index (κ2) is 27.9. The molecule has 22 N–H and O–H groups in total. The molecule has 19 heteroatoms. The number of imidazole rings is 1. The molecule has 262 valence electrons. The standard InChI is InChI=1S/C9H11NO2.C6H14N4O2.C6H9N3O2.C6H14N2O2.H3N/c10-8(9(11)12)6-7-4-2-1-3-5-7;7-4(5(11)12)2-1-3-10-6(8)9;7-5(6(10)11)1-4-2-8-3-9-4;7-4-2-1-3-5(8)6(9)10;/h1-5,8H,6,10H2,(H,11,12);4H,1-3,7H2,(H,11,12)(H4,8,9,10);2-3,5H,1,7H2,(H,8,9)(H,10,11);5H,1-4,7-8H2,(H,9,10);1H3. The first-order chi connectivity index (χ1) is 21.1. The van der Waals surface area contributed by atoms with E-state index < -0.39 is 48.0 Å². The van der Waals surface area contributed by atoms with Crippen molar-refractivity contribution in [1.82, 2.24) is 21.4 Å². The number of benzene rings is 1. The molecular formula is C27H51N11O8. The highest BCUT2D eigenvalue weighted by molar-refractivity contribution is 5.75. The Kier molecular flexibility index (Phi) is 27.7. The molecule has 0 saturated carbocycles. The zero-order valence-corrected chi connectivity index (χ0v) is 25.8. The van der Waals surface area contributed by atoms with E-state index in [9.17, 15) is 19.2 Å². The number of hydrogen-bond acceptors (Lipinski definition) is 12. The Hall–Kier alpha value is -4.66. The third kappa shape index (κ3) is 26.9. The maximum atomic E-state index is 10.4. The number of nitrogens with one attached hydrogen (secondary N) is 3. The van der Waals surface area contributed by atoms with Gasteiger partial charge in [0, 0.05) is 19.2 Å². The Morgan fingerprint density at radius 3 is 1.67 bits per heavy atom. The molecule has 0 amide bonds. The molecule has 2 aromatic rings. The van der Waals surface area contributed by atoms with E-state index in [-0.39, 0.29) is 18.5 Å². The van der Waals surface area contributed by atoms with Crippen molar-refractivity contribution in [3.05, 3.63) is 54.1 Å². The summed E-state index contributed by atoms with van der Waals surface area (Å²) < 4.78 is 0. The number of aliphatic carboxylic acids is 4. The minimum atomic E-state index is -1.01. The van der Waals surface area contributed by atoms with E-state index in [1.165, 1.54) is 6.33 Å². The first-order valence-corrected chi connectivity index (χ1v) is 13.8. The van der Waals surface area contributed by atoms with Crippen LogP contribution < -0.4 is 45.9 Å². The first kappa shape index (κ1) is 45.8. The summed E-state index contributed by atoms with van der Waals surface area (Å²) >= 11 is 0. The molecule has 0 saturated heterocycles. The SMILES string of the molecule is N.N=C(N)NCCCC(N)C(=O)O.NC(Cc1c[nH]cn1)C(=O)O.NC(Cc1ccccc1)C(=O)O.NCCCCC(N)C(=O)O. The van der Waals surface area contributed by atoms with Crippen molar-refractivity contribution in [2.45, 2.75) is 69.1 Å². The minimum absolute atomic E-state index is 0. The monoisotopic (exact) mass is 657 g/mol. The highest BCUT2D eigenvalue weighted by atomic mass is 16.4. The predicted molar refractivity (Wildman–Crippen MR) is 172 cm³/mol. The number of H-pyrrole nitrogens is 1. The van der Waals surface area contributed by atoms with Gasteiger partial charge >= 0.3 is 23.9 Å². The van der Waals surface area contributed by atoms with Gasteiger partial charge in [0.2, 0.25) is 0 Å². The molecule has 1 aromatic carbocycles. The molecule has 46 heavy (non-hydrogen) atoms. The molecule has 0 radical (unpaired) electrons. The van der Waals surface area contributed by atoms with Crippen LogP contribution in [-0.2, 0) is 32.0 Å². The maximum absolute atomic E-state index is 10.4. The summed E-state index contributed by atoms with van der Waals surface area (Å²) in [4.78, 5) is 47.5. The zero-order chi connectivity index (χ0) is 34.8. The number of aromatic amines is 1. The summed E-state index contributed by atoms with van der Waals surface area (Å²) in [6.45, 7) is 1.09. The van der Waals surface area contributed by atoms with Gasteiger partial charge in [-0.05, 0) is 44.2 Å². The van der Waals surface area contributed by atoms with E-state index in [1.54, 1.807) is 6.20 Å². The number of unbranched alkanes of at least 4 members (excludes halogenated alkanes) is 1. The molecule has 19 nitrogen and oxygen atoms in total. The lowest BCUT2D eigenvalue weighted by molar-refractivity contribution is -0.139. The Balaban J connectivity index is -0.000000534. The van der Waals surface area contributed by atoms with Crippen LogP contribution in [0.1, 0.15) is 43.4 Å². The molecule has 4 atom stereocenters. The van der Waals surface area contributed by atoms with Crippen molar-refractivity contribution in [2.75, 3.05) is 13.1 Å². The quantitative estimate of drug-likeness (QED) is 0.0546. The summed E-state index contributed by atoms with van der Waals surface area (Å²) in [6, 6.07) is 6.14. The minimum Gasteiger partial charge on any atom is -0.480 e. The van der Waals surface area contributed by atoms with Crippen molar-refractivity contribution in [3.63, 3.8) is 0 Å². The zero-order valence-electron chi connectivity index (χ0n) is 25.8. The summed E-state index contributed by atoms with van der Waals surface area (Å²) in [5.41, 5.74) is 32.9. The molecule has 0 aliphatic rings. The van der Waals surface area contributed by atoms with Gasteiger partial charge in [0.05, 0.1) is 12.0 Å². The highest BCUT2D eigenvalue weighted by Crippen LogP contribution is 2.01. The molecule has 0 spiro atoms. The molecule has 2 rings (SSSR count). The highest BCUT2D eigenvalue weighted by Gasteiger charge is 2.13. The number of nitrogens with zero attached hydrogens (tertiary/aromatic N) is 1. The van der Waals surface area contributed by atoms with Crippen LogP contribution >= 0.6 is 0 Å². The second-order valence-electron chi connectivity index (χ2n) is 9.50. The van der Waals surface area contributed by atoms with Crippen molar-refractivity contribution in [2.24, 2.45) is 34.4 Å². The first-order valence-electron chi connectivity index (χ1n) is 13.8. The Bertz CT molecular complexity index is 1110. The van der Waals surface area contributed by atoms with Gasteiger partial charge in [-0.2, -0.15) is 0 Å². The Morgan fingerprint density at radius 1 is 0.783 bits per heavy atom. The van der Waals surface area contributed by atoms with Crippen LogP contribution in [-0.4, -0.2) is 97.5 Å². The molecule has 4 unspecified atom stereocenters. The average Bonchev–Trinajstić information content (AvgIpc) is 3.49. The smallest absolute Gasteiger partial charge is 0.320 e. The maximum Gasteiger partial charge on any atom is 0.320 e. The fourth-order valence-electron chi connectivity index (χ4n) is 2.97. The number of guanidine groups is 1. The molecular weight excluding hydrogens is 606 g/mol. The van der Waals surface area contributed by atoms with E-state index in [2.05, 4.69) is 15.3 Å². The number of hydrogen-bond donors (Lipinski definition) is 14. The third-order valence-electron chi connectivity index (χ3n) is 5.53. The number of carboxylic acids is 4. The van der Waals surface area contributed by atoms with Crippen molar-refractivity contribution < 1.29 is 39.6 Å². The van der Waals surface area contributed by atoms with Crippen LogP contribution in [0.15, 0.2) is 42.9 Å². The van der Waals surface area contributed by atoms with E-state index in [0.29, 0.717) is 44.5 Å². The van der Waals surface area contributed by atoms with E-state index in [0.717, 1.165) is 18.4 Å².